The maximum atomic E-state index is 14.0. The van der Waals surface area contributed by atoms with Crippen LogP contribution in [-0.4, -0.2) is 11.8 Å². The zero-order valence-electron chi connectivity index (χ0n) is 27.4. The predicted octanol–water partition coefficient (Wildman–Crippen LogP) is 9.94. The van der Waals surface area contributed by atoms with Crippen LogP contribution >= 0.6 is 0 Å². The third-order valence-corrected chi connectivity index (χ3v) is 9.55. The summed E-state index contributed by atoms with van der Waals surface area (Å²) in [6.45, 7) is 1.83. The Morgan fingerprint density at radius 1 is 0.500 bits per heavy atom. The number of aryl methyl sites for hydroxylation is 1. The van der Waals surface area contributed by atoms with E-state index >= 15 is 0 Å². The molecule has 0 heterocycles. The molecule has 0 spiro atoms. The lowest BCUT2D eigenvalue weighted by atomic mass is 9.36. The number of halogens is 2. The first kappa shape index (κ1) is 31.1. The van der Waals surface area contributed by atoms with E-state index in [2.05, 4.69) is 78.6 Å². The lowest BCUT2D eigenvalue weighted by Gasteiger charge is -2.28. The highest BCUT2D eigenvalue weighted by atomic mass is 19.1. The Balaban J connectivity index is 1.26. The summed E-state index contributed by atoms with van der Waals surface area (Å²) >= 11 is 0. The van der Waals surface area contributed by atoms with Crippen LogP contribution in [0.15, 0.2) is 170 Å². The van der Waals surface area contributed by atoms with E-state index < -0.39 is 0 Å². The molecular weight excluding hydrogens is 619 g/mol. The van der Waals surface area contributed by atoms with Crippen molar-refractivity contribution in [2.75, 3.05) is 4.90 Å². The van der Waals surface area contributed by atoms with Crippen molar-refractivity contribution in [1.82, 2.24) is 0 Å². The molecule has 0 unspecified atom stereocenters. The van der Waals surface area contributed by atoms with Crippen molar-refractivity contribution < 1.29 is 13.9 Å². The minimum Gasteiger partial charge on any atom is -0.507 e. The Hall–Kier alpha value is -6.20. The number of benzene rings is 8. The van der Waals surface area contributed by atoms with E-state index in [0.717, 1.165) is 66.1 Å². The molecule has 240 valence electrons. The number of hydrogen-bond acceptors (Lipinski definition) is 2. The lowest BCUT2D eigenvalue weighted by Crippen LogP contribution is -2.52. The summed E-state index contributed by atoms with van der Waals surface area (Å²) in [5.74, 6) is -0.465. The van der Waals surface area contributed by atoms with Gasteiger partial charge in [0.15, 0.2) is 0 Å². The molecule has 50 heavy (non-hydrogen) atoms. The third-order valence-electron chi connectivity index (χ3n) is 9.55. The van der Waals surface area contributed by atoms with Crippen molar-refractivity contribution >= 4 is 61.7 Å². The number of phenols is 1. The average Bonchev–Trinajstić information content (AvgIpc) is 3.14. The Morgan fingerprint density at radius 2 is 1.06 bits per heavy atom. The van der Waals surface area contributed by atoms with Crippen LogP contribution in [0.4, 0.5) is 25.8 Å². The zero-order valence-corrected chi connectivity index (χ0v) is 27.4. The number of hydrogen-bond donors (Lipinski definition) is 1. The number of phenolic OH excluding ortho intramolecular Hbond substituents is 1. The molecule has 1 N–H and O–H groups in total. The molecule has 0 radical (unpaired) electrons. The van der Waals surface area contributed by atoms with Crippen LogP contribution in [0.5, 0.6) is 5.75 Å². The second kappa shape index (κ2) is 13.0. The van der Waals surface area contributed by atoms with Gasteiger partial charge in [-0.1, -0.05) is 126 Å². The van der Waals surface area contributed by atoms with Gasteiger partial charge in [-0.3, -0.25) is 0 Å². The molecule has 8 aromatic carbocycles. The van der Waals surface area contributed by atoms with Crippen molar-refractivity contribution in [1.29, 1.82) is 0 Å². The lowest BCUT2D eigenvalue weighted by molar-refractivity contribution is 0.477. The topological polar surface area (TPSA) is 23.5 Å². The second-order valence-electron chi connectivity index (χ2n) is 12.6. The zero-order chi connectivity index (χ0) is 34.2. The maximum absolute atomic E-state index is 14.0. The van der Waals surface area contributed by atoms with E-state index in [0.29, 0.717) is 5.56 Å². The molecule has 8 aromatic rings. The minimum absolute atomic E-state index is 0.161. The highest BCUT2D eigenvalue weighted by molar-refractivity contribution is 6.96. The molecule has 0 aliphatic rings. The Labute approximate surface area is 290 Å². The highest BCUT2D eigenvalue weighted by Gasteiger charge is 2.25. The van der Waals surface area contributed by atoms with Crippen molar-refractivity contribution in [3.63, 3.8) is 0 Å². The second-order valence-corrected chi connectivity index (χ2v) is 12.6. The summed E-state index contributed by atoms with van der Waals surface area (Å²) in [6, 6.07) is 54.0. The van der Waals surface area contributed by atoms with Gasteiger partial charge in [0.25, 0.3) is 0 Å². The summed E-state index contributed by atoms with van der Waals surface area (Å²) in [7, 11) is 0. The Morgan fingerprint density at radius 3 is 1.74 bits per heavy atom. The summed E-state index contributed by atoms with van der Waals surface area (Å²) in [5, 5.41) is 16.0. The van der Waals surface area contributed by atoms with Crippen LogP contribution < -0.4 is 21.3 Å². The van der Waals surface area contributed by atoms with E-state index in [9.17, 15) is 13.9 Å². The molecule has 0 atom stereocenters. The number of para-hydroxylation sites is 1. The molecule has 0 saturated heterocycles. The van der Waals surface area contributed by atoms with Gasteiger partial charge in [0.05, 0.1) is 0 Å². The fourth-order valence-electron chi connectivity index (χ4n) is 7.12. The molecule has 0 bridgehead atoms. The normalized spacial score (nSPS) is 11.2. The Kier molecular flexibility index (Phi) is 8.10. The van der Waals surface area contributed by atoms with E-state index in [-0.39, 0.29) is 24.1 Å². The van der Waals surface area contributed by atoms with Gasteiger partial charge in [0.1, 0.15) is 17.4 Å². The highest BCUT2D eigenvalue weighted by Crippen LogP contribution is 2.42. The Bertz CT molecular complexity index is 2450. The van der Waals surface area contributed by atoms with E-state index in [1.807, 2.05) is 54.6 Å². The standard InChI is InChI=1S/C45H32BF2NO/c1-30-8-2-7-13-44(30)49(37-23-14-31-9-3-4-10-32(31)28-37)38-24-25-42(45(50)29-38)40-26-27-43(41-12-6-5-11-39(40)41)46(33-15-19-35(47)20-16-33)34-17-21-36(48)22-18-34/h2-29,50H,1H3. The third kappa shape index (κ3) is 5.77. The van der Waals surface area contributed by atoms with Crippen molar-refractivity contribution in [2.24, 2.45) is 0 Å². The summed E-state index contributed by atoms with van der Waals surface area (Å²) < 4.78 is 28.0. The van der Waals surface area contributed by atoms with Crippen molar-refractivity contribution in [3.05, 3.63) is 187 Å². The van der Waals surface area contributed by atoms with Crippen LogP contribution in [0.25, 0.3) is 32.7 Å². The van der Waals surface area contributed by atoms with E-state index in [1.54, 1.807) is 24.3 Å². The largest absolute Gasteiger partial charge is 0.507 e. The predicted molar refractivity (Wildman–Crippen MR) is 205 cm³/mol. The molecule has 8 rings (SSSR count). The molecule has 0 amide bonds. The van der Waals surface area contributed by atoms with Gasteiger partial charge in [-0.25, -0.2) is 8.78 Å². The van der Waals surface area contributed by atoms with Crippen molar-refractivity contribution in [2.45, 2.75) is 6.92 Å². The minimum atomic E-state index is -0.313. The fourth-order valence-corrected chi connectivity index (χ4v) is 7.12. The van der Waals surface area contributed by atoms with Crippen molar-refractivity contribution in [3.8, 4) is 16.9 Å². The van der Waals surface area contributed by atoms with E-state index in [1.165, 1.54) is 24.3 Å². The van der Waals surface area contributed by atoms with Gasteiger partial charge < -0.3 is 10.0 Å². The van der Waals surface area contributed by atoms with Gasteiger partial charge in [-0.05, 0) is 94.2 Å². The van der Waals surface area contributed by atoms with Gasteiger partial charge in [-0.2, -0.15) is 0 Å². The molecule has 5 heteroatoms. The van der Waals surface area contributed by atoms with Gasteiger partial charge in [0, 0.05) is 28.7 Å². The summed E-state index contributed by atoms with van der Waals surface area (Å²) in [5.41, 5.74) is 8.36. The first-order valence-electron chi connectivity index (χ1n) is 16.6. The van der Waals surface area contributed by atoms with Crippen LogP contribution in [0.3, 0.4) is 0 Å². The van der Waals surface area contributed by atoms with Gasteiger partial charge >= 0.3 is 0 Å². The maximum Gasteiger partial charge on any atom is 0.241 e. The number of aromatic hydroxyl groups is 1. The molecule has 0 aliphatic carbocycles. The SMILES string of the molecule is Cc1ccccc1N(c1ccc(-c2ccc(B(c3ccc(F)cc3)c3ccc(F)cc3)c3ccccc23)c(O)c1)c1ccc2ccccc2c1. The first-order valence-corrected chi connectivity index (χ1v) is 16.6. The number of rotatable bonds is 7. The van der Waals surface area contributed by atoms with Crippen LogP contribution in [0.2, 0.25) is 0 Å². The molecule has 0 fully saturated rings. The van der Waals surface area contributed by atoms with Crippen LogP contribution in [0.1, 0.15) is 5.56 Å². The molecule has 0 saturated carbocycles. The number of anilines is 3. The first-order chi connectivity index (χ1) is 24.4. The van der Waals surface area contributed by atoms with Crippen LogP contribution in [0, 0.1) is 18.6 Å². The summed E-state index contributed by atoms with van der Waals surface area (Å²) in [6.07, 6.45) is 0. The molecular formula is C45H32BF2NO. The fraction of sp³-hybridized carbons (Fsp3) is 0.0222. The smallest absolute Gasteiger partial charge is 0.241 e. The quantitative estimate of drug-likeness (QED) is 0.174. The monoisotopic (exact) mass is 651 g/mol. The molecule has 0 aliphatic heterocycles. The molecule has 0 aromatic heterocycles. The van der Waals surface area contributed by atoms with Gasteiger partial charge in [0.2, 0.25) is 6.71 Å². The molecule has 2 nitrogen and oxygen atoms in total. The number of nitrogens with zero attached hydrogens (tertiary/aromatic N) is 1. The van der Waals surface area contributed by atoms with Crippen LogP contribution in [-0.2, 0) is 0 Å². The average molecular weight is 652 g/mol. The van der Waals surface area contributed by atoms with E-state index in [4.69, 9.17) is 0 Å². The summed E-state index contributed by atoms with van der Waals surface area (Å²) in [4.78, 5) is 2.18. The van der Waals surface area contributed by atoms with Gasteiger partial charge in [-0.15, -0.1) is 0 Å². The number of fused-ring (bicyclic) bond motifs is 2.